The monoisotopic (exact) mass is 332 g/mol. The number of nitrogens with zero attached hydrogens (tertiary/aromatic N) is 3. The Balaban J connectivity index is 1.53. The van der Waals surface area contributed by atoms with Gasteiger partial charge in [0.15, 0.2) is 0 Å². The summed E-state index contributed by atoms with van der Waals surface area (Å²) in [5, 5.41) is 6.83. The van der Waals surface area contributed by atoms with Gasteiger partial charge in [-0.25, -0.2) is 9.78 Å². The molecule has 0 aliphatic rings. The lowest BCUT2D eigenvalue weighted by atomic mass is 10.1. The summed E-state index contributed by atoms with van der Waals surface area (Å²) in [6.45, 7) is 2.11. The number of nitrogens with one attached hydrogen (secondary N) is 1. The largest absolute Gasteiger partial charge is 0.455 e. The number of pyridine rings is 1. The van der Waals surface area contributed by atoms with Gasteiger partial charge in [0.2, 0.25) is 0 Å². The zero-order valence-electron chi connectivity index (χ0n) is 13.6. The van der Waals surface area contributed by atoms with Crippen LogP contribution in [0.15, 0.2) is 61.1 Å². The Hall–Kier alpha value is -3.41. The number of rotatable bonds is 4. The zero-order chi connectivity index (χ0) is 17.2. The number of imidazole rings is 1. The molecule has 6 nitrogen and oxygen atoms in total. The first-order valence-electron chi connectivity index (χ1n) is 7.91. The lowest BCUT2D eigenvalue weighted by Crippen LogP contribution is -2.06. The first kappa shape index (κ1) is 15.1. The van der Waals surface area contributed by atoms with E-state index in [0.717, 1.165) is 16.8 Å². The van der Waals surface area contributed by atoms with E-state index in [1.165, 1.54) is 6.20 Å². The average Bonchev–Trinajstić information content (AvgIpc) is 3.28. The van der Waals surface area contributed by atoms with Crippen molar-refractivity contribution in [1.82, 2.24) is 19.6 Å². The van der Waals surface area contributed by atoms with Crippen molar-refractivity contribution < 1.29 is 9.53 Å². The fourth-order valence-electron chi connectivity index (χ4n) is 2.76. The second-order valence-electron chi connectivity index (χ2n) is 5.76. The van der Waals surface area contributed by atoms with Crippen LogP contribution in [0.4, 0.5) is 0 Å². The number of aromatic nitrogens is 4. The van der Waals surface area contributed by atoms with Gasteiger partial charge in [0.05, 0.1) is 17.6 Å². The maximum atomic E-state index is 12.4. The Morgan fingerprint density at radius 2 is 2.04 bits per heavy atom. The Bertz CT molecular complexity index is 1030. The SMILES string of the molecule is Cc1cccn2cc(COC(=O)c3cn[nH]c3-c3ccccc3)nc12. The van der Waals surface area contributed by atoms with E-state index in [1.54, 1.807) is 0 Å². The number of carbonyl (C=O) groups excluding carboxylic acids is 1. The molecule has 0 amide bonds. The minimum Gasteiger partial charge on any atom is -0.455 e. The predicted octanol–water partition coefficient (Wildman–Crippen LogP) is 3.39. The molecule has 124 valence electrons. The van der Waals surface area contributed by atoms with E-state index in [4.69, 9.17) is 4.74 Å². The molecule has 3 aromatic heterocycles. The van der Waals surface area contributed by atoms with Crippen molar-refractivity contribution >= 4 is 11.6 Å². The molecule has 0 saturated carbocycles. The molecule has 0 radical (unpaired) electrons. The molecular formula is C19H16N4O2. The summed E-state index contributed by atoms with van der Waals surface area (Å²) in [4.78, 5) is 16.9. The molecule has 0 spiro atoms. The summed E-state index contributed by atoms with van der Waals surface area (Å²) in [5.41, 5.74) is 4.58. The molecule has 4 rings (SSSR count). The zero-order valence-corrected chi connectivity index (χ0v) is 13.6. The van der Waals surface area contributed by atoms with Crippen molar-refractivity contribution in [3.63, 3.8) is 0 Å². The van der Waals surface area contributed by atoms with E-state index >= 15 is 0 Å². The maximum Gasteiger partial charge on any atom is 0.342 e. The second kappa shape index (κ2) is 6.24. The van der Waals surface area contributed by atoms with Crippen LogP contribution in [0.5, 0.6) is 0 Å². The van der Waals surface area contributed by atoms with Crippen molar-refractivity contribution in [2.45, 2.75) is 13.5 Å². The number of fused-ring (bicyclic) bond motifs is 1. The van der Waals surface area contributed by atoms with Crippen molar-refractivity contribution in [1.29, 1.82) is 0 Å². The highest BCUT2D eigenvalue weighted by Crippen LogP contribution is 2.21. The lowest BCUT2D eigenvalue weighted by molar-refractivity contribution is 0.0469. The smallest absolute Gasteiger partial charge is 0.342 e. The third-order valence-electron chi connectivity index (χ3n) is 4.00. The van der Waals surface area contributed by atoms with Crippen LogP contribution in [-0.4, -0.2) is 25.6 Å². The van der Waals surface area contributed by atoms with Crippen LogP contribution in [0.3, 0.4) is 0 Å². The normalized spacial score (nSPS) is 10.9. The van der Waals surface area contributed by atoms with Crippen LogP contribution in [0, 0.1) is 6.92 Å². The summed E-state index contributed by atoms with van der Waals surface area (Å²) < 4.78 is 7.35. The van der Waals surface area contributed by atoms with Crippen molar-refractivity contribution in [2.24, 2.45) is 0 Å². The summed E-state index contributed by atoms with van der Waals surface area (Å²) in [7, 11) is 0. The fourth-order valence-corrected chi connectivity index (χ4v) is 2.76. The highest BCUT2D eigenvalue weighted by atomic mass is 16.5. The van der Waals surface area contributed by atoms with E-state index in [-0.39, 0.29) is 6.61 Å². The number of hydrogen-bond acceptors (Lipinski definition) is 4. The van der Waals surface area contributed by atoms with Gasteiger partial charge in [0.25, 0.3) is 0 Å². The van der Waals surface area contributed by atoms with Gasteiger partial charge in [-0.05, 0) is 18.6 Å². The number of benzene rings is 1. The Morgan fingerprint density at radius 1 is 1.20 bits per heavy atom. The molecule has 0 saturated heterocycles. The maximum absolute atomic E-state index is 12.4. The van der Waals surface area contributed by atoms with Crippen LogP contribution >= 0.6 is 0 Å². The Labute approximate surface area is 144 Å². The molecule has 0 aliphatic heterocycles. The first-order chi connectivity index (χ1) is 12.2. The van der Waals surface area contributed by atoms with E-state index in [0.29, 0.717) is 17.0 Å². The third kappa shape index (κ3) is 2.89. The number of hydrogen-bond donors (Lipinski definition) is 1. The molecule has 0 bridgehead atoms. The first-order valence-corrected chi connectivity index (χ1v) is 7.91. The van der Waals surface area contributed by atoms with Crippen LogP contribution in [0.2, 0.25) is 0 Å². The minimum atomic E-state index is -0.429. The summed E-state index contributed by atoms with van der Waals surface area (Å²) >= 11 is 0. The molecule has 1 N–H and O–H groups in total. The Kier molecular flexibility index (Phi) is 3.78. The van der Waals surface area contributed by atoms with Crippen LogP contribution in [0.25, 0.3) is 16.9 Å². The summed E-state index contributed by atoms with van der Waals surface area (Å²) in [6.07, 6.45) is 5.27. The minimum absolute atomic E-state index is 0.110. The standard InChI is InChI=1S/C19H16N4O2/c1-13-6-5-9-23-11-15(21-18(13)23)12-25-19(24)16-10-20-22-17(16)14-7-3-2-4-8-14/h2-11H,12H2,1H3,(H,20,22). The fraction of sp³-hybridized carbons (Fsp3) is 0.105. The number of esters is 1. The third-order valence-corrected chi connectivity index (χ3v) is 4.00. The van der Waals surface area contributed by atoms with Gasteiger partial charge in [0, 0.05) is 18.0 Å². The molecule has 3 heterocycles. The topological polar surface area (TPSA) is 72.3 Å². The van der Waals surface area contributed by atoms with Gasteiger partial charge in [-0.1, -0.05) is 36.4 Å². The highest BCUT2D eigenvalue weighted by molar-refractivity contribution is 5.95. The quantitative estimate of drug-likeness (QED) is 0.581. The average molecular weight is 332 g/mol. The summed E-state index contributed by atoms with van der Waals surface area (Å²) in [5.74, 6) is -0.429. The lowest BCUT2D eigenvalue weighted by Gasteiger charge is -2.04. The number of carbonyl (C=O) groups is 1. The number of aryl methyl sites for hydroxylation is 1. The number of ether oxygens (including phenoxy) is 1. The van der Waals surface area contributed by atoms with E-state index in [1.807, 2.05) is 66.2 Å². The molecular weight excluding hydrogens is 316 g/mol. The van der Waals surface area contributed by atoms with Gasteiger partial charge < -0.3 is 9.14 Å². The summed E-state index contributed by atoms with van der Waals surface area (Å²) in [6, 6.07) is 13.5. The number of H-pyrrole nitrogens is 1. The predicted molar refractivity (Wildman–Crippen MR) is 93.1 cm³/mol. The van der Waals surface area contributed by atoms with Crippen molar-refractivity contribution in [3.05, 3.63) is 77.9 Å². The van der Waals surface area contributed by atoms with E-state index in [2.05, 4.69) is 15.2 Å². The van der Waals surface area contributed by atoms with Gasteiger partial charge in [0.1, 0.15) is 17.8 Å². The second-order valence-corrected chi connectivity index (χ2v) is 5.76. The number of aromatic amines is 1. The van der Waals surface area contributed by atoms with Crippen molar-refractivity contribution in [3.8, 4) is 11.3 Å². The van der Waals surface area contributed by atoms with E-state index < -0.39 is 5.97 Å². The Morgan fingerprint density at radius 3 is 2.84 bits per heavy atom. The van der Waals surface area contributed by atoms with E-state index in [9.17, 15) is 4.79 Å². The molecule has 0 atom stereocenters. The van der Waals surface area contributed by atoms with Crippen LogP contribution in [0.1, 0.15) is 21.6 Å². The van der Waals surface area contributed by atoms with Gasteiger partial charge in [-0.2, -0.15) is 5.10 Å². The molecule has 0 fully saturated rings. The van der Waals surface area contributed by atoms with Gasteiger partial charge in [-0.15, -0.1) is 0 Å². The van der Waals surface area contributed by atoms with Gasteiger partial charge >= 0.3 is 5.97 Å². The van der Waals surface area contributed by atoms with Crippen molar-refractivity contribution in [2.75, 3.05) is 0 Å². The highest BCUT2D eigenvalue weighted by Gasteiger charge is 2.17. The molecule has 0 aliphatic carbocycles. The van der Waals surface area contributed by atoms with Crippen LogP contribution < -0.4 is 0 Å². The molecule has 4 aromatic rings. The molecule has 1 aromatic carbocycles. The molecule has 25 heavy (non-hydrogen) atoms. The molecule has 6 heteroatoms. The molecule has 0 unspecified atom stereocenters. The van der Waals surface area contributed by atoms with Gasteiger partial charge in [-0.3, -0.25) is 5.10 Å². The van der Waals surface area contributed by atoms with Crippen LogP contribution in [-0.2, 0) is 11.3 Å².